The molecule has 190 valence electrons. The molecule has 0 bridgehead atoms. The summed E-state index contributed by atoms with van der Waals surface area (Å²) in [6, 6.07) is 13.8. The number of carboxylic acid groups (broad SMARTS) is 1. The van der Waals surface area contributed by atoms with Crippen LogP contribution in [0.15, 0.2) is 53.6 Å². The smallest absolute Gasteiger partial charge is 0.309 e. The van der Waals surface area contributed by atoms with E-state index in [1.807, 2.05) is 43.9 Å². The zero-order chi connectivity index (χ0) is 26.1. The Hall–Kier alpha value is -3.17. The van der Waals surface area contributed by atoms with E-state index >= 15 is 0 Å². The Morgan fingerprint density at radius 1 is 1.06 bits per heavy atom. The topological polar surface area (TPSA) is 112 Å². The maximum Gasteiger partial charge on any atom is 0.309 e. The minimum Gasteiger partial charge on any atom is -0.481 e. The molecule has 1 aromatic carbocycles. The van der Waals surface area contributed by atoms with Crippen LogP contribution in [0.4, 0.5) is 11.6 Å². The summed E-state index contributed by atoms with van der Waals surface area (Å²) in [5, 5.41) is 9.92. The number of halogens is 1. The normalized spacial score (nSPS) is 15.5. The molecule has 0 saturated carbocycles. The molecule has 0 radical (unpaired) electrons. The summed E-state index contributed by atoms with van der Waals surface area (Å²) in [5.74, 6) is -0.154. The van der Waals surface area contributed by atoms with E-state index in [1.54, 1.807) is 18.2 Å². The fraction of sp³-hybridized carbons (Fsp3) is 0.346. The van der Waals surface area contributed by atoms with Gasteiger partial charge in [0.15, 0.2) is 5.03 Å². The Bertz CT molecular complexity index is 1380. The van der Waals surface area contributed by atoms with Gasteiger partial charge in [0.1, 0.15) is 11.6 Å². The number of sulfonamides is 1. The highest BCUT2D eigenvalue weighted by molar-refractivity contribution is 7.92. The first-order chi connectivity index (χ1) is 17.1. The third kappa shape index (κ3) is 5.03. The number of hydrogen-bond acceptors (Lipinski definition) is 6. The minimum absolute atomic E-state index is 0.136. The number of piperidine rings is 1. The van der Waals surface area contributed by atoms with Gasteiger partial charge < -0.3 is 10.0 Å². The lowest BCUT2D eigenvalue weighted by Crippen LogP contribution is -2.44. The number of carboxylic acids is 1. The van der Waals surface area contributed by atoms with Crippen molar-refractivity contribution < 1.29 is 18.3 Å². The predicted molar refractivity (Wildman–Crippen MR) is 141 cm³/mol. The van der Waals surface area contributed by atoms with Crippen molar-refractivity contribution in [2.24, 2.45) is 5.41 Å². The summed E-state index contributed by atoms with van der Waals surface area (Å²) in [4.78, 5) is 22.6. The Morgan fingerprint density at radius 3 is 2.31 bits per heavy atom. The number of nitrogens with one attached hydrogen (secondary N) is 1. The SMILES string of the molecule is CCC1(C(=O)O)CCN(c2cccc(S(=O)(=O)Nc3ccc(Cl)c(-c4c(C)cccc4C)n3)n2)CC1. The van der Waals surface area contributed by atoms with Crippen molar-refractivity contribution in [3.8, 4) is 11.3 Å². The molecule has 2 N–H and O–H groups in total. The molecular formula is C26H29ClN4O4S. The van der Waals surface area contributed by atoms with Gasteiger partial charge in [-0.2, -0.15) is 8.42 Å². The van der Waals surface area contributed by atoms with Crippen molar-refractivity contribution >= 4 is 39.2 Å². The molecule has 3 heterocycles. The molecule has 0 aliphatic carbocycles. The van der Waals surface area contributed by atoms with Gasteiger partial charge in [-0.3, -0.25) is 9.52 Å². The molecule has 8 nitrogen and oxygen atoms in total. The predicted octanol–water partition coefficient (Wildman–Crippen LogP) is 5.30. The summed E-state index contributed by atoms with van der Waals surface area (Å²) >= 11 is 6.43. The van der Waals surface area contributed by atoms with Crippen LogP contribution in [0.3, 0.4) is 0 Å². The first kappa shape index (κ1) is 25.9. The largest absolute Gasteiger partial charge is 0.481 e. The molecular weight excluding hydrogens is 500 g/mol. The highest BCUT2D eigenvalue weighted by Crippen LogP contribution is 2.37. The van der Waals surface area contributed by atoms with Gasteiger partial charge in [-0.1, -0.05) is 42.8 Å². The molecule has 0 spiro atoms. The average Bonchev–Trinajstić information content (AvgIpc) is 2.85. The summed E-state index contributed by atoms with van der Waals surface area (Å²) in [5.41, 5.74) is 2.58. The highest BCUT2D eigenvalue weighted by atomic mass is 35.5. The van der Waals surface area contributed by atoms with Crippen molar-refractivity contribution in [2.75, 3.05) is 22.7 Å². The molecule has 0 atom stereocenters. The zero-order valence-electron chi connectivity index (χ0n) is 20.5. The minimum atomic E-state index is -4.03. The van der Waals surface area contributed by atoms with E-state index < -0.39 is 21.4 Å². The van der Waals surface area contributed by atoms with Gasteiger partial charge in [0.2, 0.25) is 0 Å². The zero-order valence-corrected chi connectivity index (χ0v) is 22.0. The van der Waals surface area contributed by atoms with Crippen molar-refractivity contribution in [3.05, 3.63) is 64.7 Å². The van der Waals surface area contributed by atoms with Crippen molar-refractivity contribution in [2.45, 2.75) is 45.1 Å². The Labute approximate surface area is 216 Å². The Kier molecular flexibility index (Phi) is 7.24. The molecule has 0 amide bonds. The van der Waals surface area contributed by atoms with Crippen molar-refractivity contribution in [3.63, 3.8) is 0 Å². The van der Waals surface area contributed by atoms with E-state index in [-0.39, 0.29) is 10.8 Å². The van der Waals surface area contributed by atoms with Crippen molar-refractivity contribution in [1.29, 1.82) is 0 Å². The van der Waals surface area contributed by atoms with Gasteiger partial charge >= 0.3 is 5.97 Å². The van der Waals surface area contributed by atoms with Gasteiger partial charge in [0.25, 0.3) is 10.0 Å². The molecule has 3 aromatic rings. The molecule has 10 heteroatoms. The van der Waals surface area contributed by atoms with Crippen LogP contribution >= 0.6 is 11.6 Å². The van der Waals surface area contributed by atoms with E-state index in [4.69, 9.17) is 11.6 Å². The molecule has 1 aliphatic rings. The first-order valence-corrected chi connectivity index (χ1v) is 13.6. The molecule has 0 unspecified atom stereocenters. The van der Waals surface area contributed by atoms with E-state index in [9.17, 15) is 18.3 Å². The number of anilines is 2. The number of aliphatic carboxylic acids is 1. The Morgan fingerprint density at radius 2 is 1.69 bits per heavy atom. The second-order valence-corrected chi connectivity index (χ2v) is 11.2. The number of nitrogens with zero attached hydrogens (tertiary/aromatic N) is 3. The van der Waals surface area contributed by atoms with E-state index in [0.29, 0.717) is 48.9 Å². The molecule has 36 heavy (non-hydrogen) atoms. The molecule has 2 aromatic heterocycles. The summed E-state index contributed by atoms with van der Waals surface area (Å²) in [7, 11) is -4.03. The fourth-order valence-electron chi connectivity index (χ4n) is 4.66. The van der Waals surface area contributed by atoms with Gasteiger partial charge in [-0.15, -0.1) is 0 Å². The lowest BCUT2D eigenvalue weighted by molar-refractivity contribution is -0.150. The fourth-order valence-corrected chi connectivity index (χ4v) is 5.83. The van der Waals surface area contributed by atoms with Crippen LogP contribution in [0, 0.1) is 19.3 Å². The number of pyridine rings is 2. The van der Waals surface area contributed by atoms with Gasteiger partial charge in [-0.25, -0.2) is 9.97 Å². The highest BCUT2D eigenvalue weighted by Gasteiger charge is 2.40. The van der Waals surface area contributed by atoms with Gasteiger partial charge in [0, 0.05) is 18.7 Å². The number of hydrogen-bond donors (Lipinski definition) is 2. The number of rotatable bonds is 7. The number of aromatic nitrogens is 2. The lowest BCUT2D eigenvalue weighted by atomic mass is 9.76. The summed E-state index contributed by atoms with van der Waals surface area (Å²) in [6.45, 7) is 6.77. The maximum absolute atomic E-state index is 13.2. The van der Waals surface area contributed by atoms with Crippen LogP contribution in [0.5, 0.6) is 0 Å². The van der Waals surface area contributed by atoms with Crippen LogP contribution in [0.1, 0.15) is 37.3 Å². The second kappa shape index (κ2) is 10.1. The monoisotopic (exact) mass is 528 g/mol. The van der Waals surface area contributed by atoms with Gasteiger partial charge in [-0.05, 0) is 68.5 Å². The third-order valence-electron chi connectivity index (χ3n) is 6.96. The van der Waals surface area contributed by atoms with Crippen LogP contribution < -0.4 is 9.62 Å². The molecule has 4 rings (SSSR count). The van der Waals surface area contributed by atoms with E-state index in [0.717, 1.165) is 16.7 Å². The van der Waals surface area contributed by atoms with Crippen LogP contribution in [0.2, 0.25) is 5.02 Å². The quantitative estimate of drug-likeness (QED) is 0.428. The molecule has 1 fully saturated rings. The first-order valence-electron chi connectivity index (χ1n) is 11.8. The Balaban J connectivity index is 1.58. The van der Waals surface area contributed by atoms with E-state index in [1.165, 1.54) is 12.1 Å². The van der Waals surface area contributed by atoms with E-state index in [2.05, 4.69) is 14.7 Å². The average molecular weight is 529 g/mol. The van der Waals surface area contributed by atoms with Crippen molar-refractivity contribution in [1.82, 2.24) is 9.97 Å². The number of carbonyl (C=O) groups is 1. The standard InChI is InChI=1S/C26H29ClN4O4S/c1-4-26(25(32)33)13-15-31(16-14-26)21-9-6-10-22(29-21)36(34,35)30-20-12-11-19(27)24(28-20)23-17(2)7-5-8-18(23)3/h5-12H,4,13-16H2,1-3H3,(H,28,30)(H,32,33). The third-order valence-corrected chi connectivity index (χ3v) is 8.52. The lowest BCUT2D eigenvalue weighted by Gasteiger charge is -2.38. The maximum atomic E-state index is 13.2. The number of benzene rings is 1. The summed E-state index contributed by atoms with van der Waals surface area (Å²) in [6.07, 6.45) is 1.51. The van der Waals surface area contributed by atoms with Gasteiger partial charge in [0.05, 0.1) is 16.1 Å². The second-order valence-electron chi connectivity index (χ2n) is 9.16. The molecule has 1 saturated heterocycles. The number of aryl methyl sites for hydroxylation is 2. The van der Waals surface area contributed by atoms with Crippen LogP contribution in [0.25, 0.3) is 11.3 Å². The van der Waals surface area contributed by atoms with Crippen LogP contribution in [-0.2, 0) is 14.8 Å². The van der Waals surface area contributed by atoms with Crippen LogP contribution in [-0.4, -0.2) is 42.6 Å². The molecule has 1 aliphatic heterocycles. The summed E-state index contributed by atoms with van der Waals surface area (Å²) < 4.78 is 28.9.